The third-order valence-electron chi connectivity index (χ3n) is 9.37. The van der Waals surface area contributed by atoms with Gasteiger partial charge in [-0.1, -0.05) is 6.58 Å². The normalized spacial score (nSPS) is 21.0. The zero-order valence-corrected chi connectivity index (χ0v) is 27.8. The van der Waals surface area contributed by atoms with Crippen molar-refractivity contribution in [3.63, 3.8) is 0 Å². The van der Waals surface area contributed by atoms with E-state index in [9.17, 15) is 14.9 Å². The van der Waals surface area contributed by atoms with E-state index in [-0.39, 0.29) is 11.7 Å². The smallest absolute Gasteiger partial charge is 0.258 e. The topological polar surface area (TPSA) is 157 Å². The van der Waals surface area contributed by atoms with E-state index in [1.165, 1.54) is 17.4 Å². The Morgan fingerprint density at radius 3 is 2.63 bits per heavy atom. The first-order valence-electron chi connectivity index (χ1n) is 16.0. The number of nitriles is 1. The Morgan fingerprint density at radius 2 is 1.91 bits per heavy atom. The average molecular weight is 648 g/mol. The quantitative estimate of drug-likeness (QED) is 0.179. The number of aryl methyl sites for hydroxylation is 1. The highest BCUT2D eigenvalue weighted by Crippen LogP contribution is 2.46. The second-order valence-electron chi connectivity index (χ2n) is 12.4. The summed E-state index contributed by atoms with van der Waals surface area (Å²) in [4.78, 5) is 45.2. The molecule has 246 valence electrons. The van der Waals surface area contributed by atoms with Crippen LogP contribution in [0, 0.1) is 11.3 Å². The number of thiophene rings is 1. The lowest BCUT2D eigenvalue weighted by atomic mass is 9.72. The Kier molecular flexibility index (Phi) is 10.6. The van der Waals surface area contributed by atoms with E-state index in [0.29, 0.717) is 54.4 Å². The van der Waals surface area contributed by atoms with Gasteiger partial charge in [-0.05, 0) is 57.7 Å². The fourth-order valence-corrected chi connectivity index (χ4v) is 7.94. The van der Waals surface area contributed by atoms with Crippen molar-refractivity contribution in [3.8, 4) is 6.07 Å². The third kappa shape index (κ3) is 7.04. The molecule has 1 unspecified atom stereocenters. The molecule has 0 bridgehead atoms. The fraction of sp³-hybridized carbons (Fsp3) is 0.545. The average Bonchev–Trinajstić information content (AvgIpc) is 3.23. The van der Waals surface area contributed by atoms with Gasteiger partial charge in [0.25, 0.3) is 5.91 Å². The van der Waals surface area contributed by atoms with Crippen LogP contribution in [0.25, 0.3) is 0 Å². The molecular formula is C33H45N9O3S. The zero-order chi connectivity index (χ0) is 32.8. The summed E-state index contributed by atoms with van der Waals surface area (Å²) < 4.78 is 5.24. The number of aliphatic imine (C=N–C) groups is 1. The number of nitrogens with zero attached hydrogens (tertiary/aromatic N) is 7. The van der Waals surface area contributed by atoms with E-state index in [1.54, 1.807) is 12.0 Å². The molecule has 0 radical (unpaired) electrons. The summed E-state index contributed by atoms with van der Waals surface area (Å²) in [5.74, 6) is 0.355. The fourth-order valence-electron chi connectivity index (χ4n) is 6.75. The number of rotatable bonds is 9. The van der Waals surface area contributed by atoms with Crippen LogP contribution in [0.2, 0.25) is 0 Å². The first kappa shape index (κ1) is 33.4. The van der Waals surface area contributed by atoms with Crippen molar-refractivity contribution >= 4 is 45.5 Å². The number of hydrogen-bond acceptors (Lipinski definition) is 10. The minimum atomic E-state index is -0.997. The number of pyridine rings is 1. The molecule has 2 aromatic heterocycles. The predicted molar refractivity (Wildman–Crippen MR) is 182 cm³/mol. The van der Waals surface area contributed by atoms with Gasteiger partial charge in [0.2, 0.25) is 5.91 Å². The number of ether oxygens (including phenoxy) is 1. The summed E-state index contributed by atoms with van der Waals surface area (Å²) in [7, 11) is 1.73. The highest BCUT2D eigenvalue weighted by atomic mass is 32.1. The second kappa shape index (κ2) is 14.6. The summed E-state index contributed by atoms with van der Waals surface area (Å²) in [6.45, 7) is 13.2. The molecular weight excluding hydrogens is 602 g/mol. The number of nitrogen functional groups attached to an aromatic ring is 1. The lowest BCUT2D eigenvalue weighted by Crippen LogP contribution is -2.48. The van der Waals surface area contributed by atoms with Crippen molar-refractivity contribution in [2.75, 3.05) is 88.2 Å². The van der Waals surface area contributed by atoms with Crippen molar-refractivity contribution in [2.45, 2.75) is 44.4 Å². The molecule has 12 nitrogen and oxygen atoms in total. The minimum absolute atomic E-state index is 0.0413. The Balaban J connectivity index is 1.45. The van der Waals surface area contributed by atoms with Gasteiger partial charge in [0.1, 0.15) is 22.6 Å². The number of amides is 2. The summed E-state index contributed by atoms with van der Waals surface area (Å²) in [6.07, 6.45) is 5.47. The number of piperazine rings is 1. The van der Waals surface area contributed by atoms with Crippen molar-refractivity contribution in [3.05, 3.63) is 46.5 Å². The Bertz CT molecular complexity index is 1520. The number of carbonyl (C=O) groups excluding carboxylic acids is 2. The number of methoxy groups -OCH3 is 1. The van der Waals surface area contributed by atoms with Crippen LogP contribution < -0.4 is 21.3 Å². The van der Waals surface area contributed by atoms with Crippen LogP contribution in [0.5, 0.6) is 0 Å². The van der Waals surface area contributed by atoms with Gasteiger partial charge in [-0.25, -0.2) is 4.98 Å². The number of anilines is 3. The molecule has 2 fully saturated rings. The SMILES string of the molecule is C=CC(=O)N1CCN(c2cc(C(N)=NC(=O)C3(C)CCCc4sc(N)c(C#N)c43)nc(N3CCCN(CCCOC)CC3)c2)CC1. The summed E-state index contributed by atoms with van der Waals surface area (Å²) in [6, 6.07) is 6.17. The van der Waals surface area contributed by atoms with E-state index in [4.69, 9.17) is 21.2 Å². The van der Waals surface area contributed by atoms with Gasteiger partial charge in [0, 0.05) is 88.3 Å². The first-order valence-corrected chi connectivity index (χ1v) is 16.9. The van der Waals surface area contributed by atoms with Crippen molar-refractivity contribution < 1.29 is 14.3 Å². The highest BCUT2D eigenvalue weighted by Gasteiger charge is 2.43. The largest absolute Gasteiger partial charge is 0.389 e. The molecule has 46 heavy (non-hydrogen) atoms. The number of amidine groups is 1. The number of carbonyl (C=O) groups is 2. The van der Waals surface area contributed by atoms with Gasteiger partial charge in [0.15, 0.2) is 5.84 Å². The Morgan fingerprint density at radius 1 is 1.15 bits per heavy atom. The molecule has 1 atom stereocenters. The van der Waals surface area contributed by atoms with Crippen LogP contribution in [0.3, 0.4) is 0 Å². The third-order valence-corrected chi connectivity index (χ3v) is 10.5. The van der Waals surface area contributed by atoms with Crippen LogP contribution in [-0.2, 0) is 26.2 Å². The van der Waals surface area contributed by atoms with Gasteiger partial charge in [-0.15, -0.1) is 11.3 Å². The number of hydrogen-bond donors (Lipinski definition) is 2. The maximum Gasteiger partial charge on any atom is 0.258 e. The molecule has 3 aliphatic rings. The van der Waals surface area contributed by atoms with E-state index < -0.39 is 11.3 Å². The summed E-state index contributed by atoms with van der Waals surface area (Å²) >= 11 is 1.38. The van der Waals surface area contributed by atoms with Crippen LogP contribution in [0.4, 0.5) is 16.5 Å². The molecule has 0 saturated carbocycles. The van der Waals surface area contributed by atoms with Crippen molar-refractivity contribution in [2.24, 2.45) is 10.7 Å². The van der Waals surface area contributed by atoms with E-state index >= 15 is 0 Å². The first-order chi connectivity index (χ1) is 22.2. The molecule has 5 rings (SSSR count). The summed E-state index contributed by atoms with van der Waals surface area (Å²) in [5.41, 5.74) is 14.2. The van der Waals surface area contributed by atoms with Crippen LogP contribution in [0.1, 0.15) is 54.3 Å². The number of nitrogens with two attached hydrogens (primary N) is 2. The van der Waals surface area contributed by atoms with Gasteiger partial charge in [0.05, 0.1) is 11.0 Å². The maximum absolute atomic E-state index is 13.9. The van der Waals surface area contributed by atoms with Crippen LogP contribution in [-0.4, -0.2) is 105 Å². The molecule has 2 aromatic rings. The van der Waals surface area contributed by atoms with Crippen molar-refractivity contribution in [1.82, 2.24) is 14.8 Å². The van der Waals surface area contributed by atoms with Crippen LogP contribution >= 0.6 is 11.3 Å². The van der Waals surface area contributed by atoms with Gasteiger partial charge < -0.3 is 35.8 Å². The minimum Gasteiger partial charge on any atom is -0.389 e. The Hall–Kier alpha value is -3.99. The van der Waals surface area contributed by atoms with Gasteiger partial charge in [-0.2, -0.15) is 10.3 Å². The standard InChI is InChI=1S/C33H45N9O3S/c1-4-28(43)42-17-15-40(16-18-42)23-20-25(37-27(21-23)41-12-6-10-39(13-14-41)11-7-19-45-3)30(35)38-32(44)33(2)9-5-8-26-29(33)24(22-34)31(36)46-26/h4,20-21H,1,5-19,36H2,2-3H3,(H2,35,38,44). The second-order valence-corrected chi connectivity index (χ2v) is 13.5. The highest BCUT2D eigenvalue weighted by molar-refractivity contribution is 7.16. The molecule has 4 heterocycles. The maximum atomic E-state index is 13.9. The van der Waals surface area contributed by atoms with E-state index in [2.05, 4.69) is 38.4 Å². The van der Waals surface area contributed by atoms with Crippen molar-refractivity contribution in [1.29, 1.82) is 5.26 Å². The molecule has 2 saturated heterocycles. The predicted octanol–water partition coefficient (Wildman–Crippen LogP) is 2.51. The monoisotopic (exact) mass is 647 g/mol. The number of fused-ring (bicyclic) bond motifs is 1. The number of aromatic nitrogens is 1. The molecule has 0 spiro atoms. The zero-order valence-electron chi connectivity index (χ0n) is 27.0. The molecule has 1 aliphatic carbocycles. The molecule has 0 aromatic carbocycles. The Labute approximate surface area is 275 Å². The van der Waals surface area contributed by atoms with Gasteiger partial charge >= 0.3 is 0 Å². The molecule has 13 heteroatoms. The summed E-state index contributed by atoms with van der Waals surface area (Å²) in [5, 5.41) is 10.3. The van der Waals surface area contributed by atoms with E-state index in [1.807, 2.05) is 13.0 Å². The lowest BCUT2D eigenvalue weighted by molar-refractivity contribution is -0.126. The van der Waals surface area contributed by atoms with Crippen LogP contribution in [0.15, 0.2) is 29.8 Å². The van der Waals surface area contributed by atoms with Gasteiger partial charge in [-0.3, -0.25) is 9.59 Å². The molecule has 4 N–H and O–H groups in total. The molecule has 2 amide bonds. The molecule has 2 aliphatic heterocycles. The lowest BCUT2D eigenvalue weighted by Gasteiger charge is -2.36. The van der Waals surface area contributed by atoms with E-state index in [0.717, 1.165) is 81.4 Å².